The molecule has 0 unspecified atom stereocenters. The molecule has 0 spiro atoms. The van der Waals surface area contributed by atoms with Gasteiger partial charge in [0.25, 0.3) is 5.91 Å². The second-order valence-corrected chi connectivity index (χ2v) is 6.13. The van der Waals surface area contributed by atoms with Crippen LogP contribution in [-0.4, -0.2) is 66.2 Å². The Morgan fingerprint density at radius 2 is 1.91 bits per heavy atom. The third-order valence-electron chi connectivity index (χ3n) is 4.42. The highest BCUT2D eigenvalue weighted by molar-refractivity contribution is 5.93. The summed E-state index contributed by atoms with van der Waals surface area (Å²) in [7, 11) is 0. The molecule has 7 nitrogen and oxygen atoms in total. The smallest absolute Gasteiger partial charge is 0.254 e. The molecule has 1 aromatic heterocycles. The van der Waals surface area contributed by atoms with Gasteiger partial charge in [-0.15, -0.1) is 0 Å². The largest absolute Gasteiger partial charge is 0.379 e. The molecule has 23 heavy (non-hydrogen) atoms. The molecule has 0 aromatic carbocycles. The van der Waals surface area contributed by atoms with E-state index in [4.69, 9.17) is 4.74 Å². The van der Waals surface area contributed by atoms with Crippen molar-refractivity contribution in [3.05, 3.63) is 18.0 Å². The molecule has 1 aromatic rings. The first-order valence-electron chi connectivity index (χ1n) is 8.48. The number of ether oxygens (including phenoxy) is 1. The zero-order chi connectivity index (χ0) is 15.9. The SMILES string of the molecule is O=C(NCCN1CCOCC1)c1cnc(NC2CCCC2)nc1. The van der Waals surface area contributed by atoms with Gasteiger partial charge in [-0.1, -0.05) is 12.8 Å². The van der Waals surface area contributed by atoms with Crippen LogP contribution in [0.2, 0.25) is 0 Å². The van der Waals surface area contributed by atoms with Gasteiger partial charge >= 0.3 is 0 Å². The van der Waals surface area contributed by atoms with Gasteiger partial charge in [0.05, 0.1) is 18.8 Å². The molecule has 2 N–H and O–H groups in total. The van der Waals surface area contributed by atoms with Crippen LogP contribution in [0.25, 0.3) is 0 Å². The molecule has 0 radical (unpaired) electrons. The molecule has 7 heteroatoms. The number of carbonyl (C=O) groups is 1. The second-order valence-electron chi connectivity index (χ2n) is 6.13. The van der Waals surface area contributed by atoms with Crippen LogP contribution in [-0.2, 0) is 4.74 Å². The standard InChI is InChI=1S/C16H25N5O2/c22-15(17-5-6-21-7-9-23-10-8-21)13-11-18-16(19-12-13)20-14-3-1-2-4-14/h11-12,14H,1-10H2,(H,17,22)(H,18,19,20). The Bertz CT molecular complexity index is 496. The van der Waals surface area contributed by atoms with Crippen molar-refractivity contribution >= 4 is 11.9 Å². The van der Waals surface area contributed by atoms with Gasteiger partial charge in [0.1, 0.15) is 0 Å². The van der Waals surface area contributed by atoms with E-state index in [1.165, 1.54) is 25.7 Å². The van der Waals surface area contributed by atoms with E-state index in [1.54, 1.807) is 12.4 Å². The minimum absolute atomic E-state index is 0.120. The minimum Gasteiger partial charge on any atom is -0.379 e. The number of morpholine rings is 1. The van der Waals surface area contributed by atoms with Crippen molar-refractivity contribution in [2.75, 3.05) is 44.7 Å². The molecule has 0 bridgehead atoms. The van der Waals surface area contributed by atoms with Gasteiger partial charge in [0.2, 0.25) is 5.95 Å². The summed E-state index contributed by atoms with van der Waals surface area (Å²) >= 11 is 0. The number of hydrogen-bond acceptors (Lipinski definition) is 6. The summed E-state index contributed by atoms with van der Waals surface area (Å²) < 4.78 is 5.30. The van der Waals surface area contributed by atoms with Gasteiger partial charge in [0.15, 0.2) is 0 Å². The van der Waals surface area contributed by atoms with Crippen LogP contribution in [0.15, 0.2) is 12.4 Å². The lowest BCUT2D eigenvalue weighted by atomic mass is 10.2. The van der Waals surface area contributed by atoms with E-state index in [0.29, 0.717) is 24.1 Å². The Balaban J connectivity index is 1.41. The highest BCUT2D eigenvalue weighted by atomic mass is 16.5. The van der Waals surface area contributed by atoms with Crippen LogP contribution in [0.3, 0.4) is 0 Å². The van der Waals surface area contributed by atoms with Crippen LogP contribution in [0.1, 0.15) is 36.0 Å². The van der Waals surface area contributed by atoms with Crippen molar-refractivity contribution in [3.8, 4) is 0 Å². The Morgan fingerprint density at radius 3 is 2.61 bits per heavy atom. The molecule has 1 amide bonds. The maximum absolute atomic E-state index is 12.1. The van der Waals surface area contributed by atoms with Gasteiger partial charge < -0.3 is 15.4 Å². The summed E-state index contributed by atoms with van der Waals surface area (Å²) in [6, 6.07) is 0.475. The normalized spacial score (nSPS) is 19.7. The van der Waals surface area contributed by atoms with Crippen LogP contribution < -0.4 is 10.6 Å². The Labute approximate surface area is 136 Å². The zero-order valence-electron chi connectivity index (χ0n) is 13.5. The molecular formula is C16H25N5O2. The number of amides is 1. The number of rotatable bonds is 6. The fourth-order valence-electron chi connectivity index (χ4n) is 3.03. The van der Waals surface area contributed by atoms with Gasteiger partial charge in [-0.05, 0) is 12.8 Å². The molecule has 1 aliphatic carbocycles. The zero-order valence-corrected chi connectivity index (χ0v) is 13.5. The van der Waals surface area contributed by atoms with E-state index in [0.717, 1.165) is 32.8 Å². The lowest BCUT2D eigenvalue weighted by Crippen LogP contribution is -2.41. The molecule has 1 saturated heterocycles. The van der Waals surface area contributed by atoms with Gasteiger partial charge in [-0.2, -0.15) is 0 Å². The highest BCUT2D eigenvalue weighted by Crippen LogP contribution is 2.20. The molecule has 2 fully saturated rings. The van der Waals surface area contributed by atoms with E-state index in [2.05, 4.69) is 25.5 Å². The number of carbonyl (C=O) groups excluding carboxylic acids is 1. The third kappa shape index (κ3) is 4.87. The number of anilines is 1. The van der Waals surface area contributed by atoms with E-state index < -0.39 is 0 Å². The van der Waals surface area contributed by atoms with Crippen molar-refractivity contribution in [2.24, 2.45) is 0 Å². The van der Waals surface area contributed by atoms with E-state index in [1.807, 2.05) is 0 Å². The summed E-state index contributed by atoms with van der Waals surface area (Å²) in [4.78, 5) is 22.9. The van der Waals surface area contributed by atoms with E-state index in [-0.39, 0.29) is 5.91 Å². The van der Waals surface area contributed by atoms with E-state index >= 15 is 0 Å². The monoisotopic (exact) mass is 319 g/mol. The number of nitrogens with zero attached hydrogens (tertiary/aromatic N) is 3. The lowest BCUT2D eigenvalue weighted by molar-refractivity contribution is 0.0383. The quantitative estimate of drug-likeness (QED) is 0.811. The first-order chi connectivity index (χ1) is 11.3. The second kappa shape index (κ2) is 8.21. The summed E-state index contributed by atoms with van der Waals surface area (Å²) in [6.07, 6.45) is 8.06. The van der Waals surface area contributed by atoms with Gasteiger partial charge in [-0.25, -0.2) is 9.97 Å². The third-order valence-corrected chi connectivity index (χ3v) is 4.42. The maximum Gasteiger partial charge on any atom is 0.254 e. The number of nitrogens with one attached hydrogen (secondary N) is 2. The summed E-state index contributed by atoms with van der Waals surface area (Å²) in [5.74, 6) is 0.493. The first kappa shape index (κ1) is 16.1. The molecule has 2 heterocycles. The molecule has 0 atom stereocenters. The van der Waals surface area contributed by atoms with Gasteiger partial charge in [-0.3, -0.25) is 9.69 Å². The summed E-state index contributed by atoms with van der Waals surface area (Å²) in [6.45, 7) is 4.88. The molecule has 1 aliphatic heterocycles. The average molecular weight is 319 g/mol. The Kier molecular flexibility index (Phi) is 5.76. The topological polar surface area (TPSA) is 79.4 Å². The Hall–Kier alpha value is -1.73. The van der Waals surface area contributed by atoms with Crippen molar-refractivity contribution in [2.45, 2.75) is 31.7 Å². The molecule has 3 rings (SSSR count). The van der Waals surface area contributed by atoms with Crippen molar-refractivity contribution < 1.29 is 9.53 Å². The Morgan fingerprint density at radius 1 is 1.22 bits per heavy atom. The molecular weight excluding hydrogens is 294 g/mol. The van der Waals surface area contributed by atoms with Crippen LogP contribution >= 0.6 is 0 Å². The van der Waals surface area contributed by atoms with Crippen molar-refractivity contribution in [1.82, 2.24) is 20.2 Å². The summed E-state index contributed by atoms with van der Waals surface area (Å²) in [5, 5.41) is 6.24. The number of hydrogen-bond donors (Lipinski definition) is 2. The van der Waals surface area contributed by atoms with Gasteiger partial charge in [0, 0.05) is 44.6 Å². The van der Waals surface area contributed by atoms with Crippen LogP contribution in [0.4, 0.5) is 5.95 Å². The van der Waals surface area contributed by atoms with Crippen molar-refractivity contribution in [1.29, 1.82) is 0 Å². The summed E-state index contributed by atoms with van der Waals surface area (Å²) in [5.41, 5.74) is 0.504. The van der Waals surface area contributed by atoms with E-state index in [9.17, 15) is 4.79 Å². The molecule has 1 saturated carbocycles. The predicted molar refractivity (Wildman–Crippen MR) is 87.5 cm³/mol. The predicted octanol–water partition coefficient (Wildman–Crippen LogP) is 0.893. The molecule has 126 valence electrons. The fraction of sp³-hybridized carbons (Fsp3) is 0.688. The highest BCUT2D eigenvalue weighted by Gasteiger charge is 2.16. The van der Waals surface area contributed by atoms with Crippen LogP contribution in [0, 0.1) is 0 Å². The van der Waals surface area contributed by atoms with Crippen LogP contribution in [0.5, 0.6) is 0 Å². The molecule has 2 aliphatic rings. The first-order valence-corrected chi connectivity index (χ1v) is 8.48. The minimum atomic E-state index is -0.120. The average Bonchev–Trinajstić information content (AvgIpc) is 3.09. The maximum atomic E-state index is 12.1. The number of aromatic nitrogens is 2. The lowest BCUT2D eigenvalue weighted by Gasteiger charge is -2.26. The van der Waals surface area contributed by atoms with Crippen molar-refractivity contribution in [3.63, 3.8) is 0 Å². The fourth-order valence-corrected chi connectivity index (χ4v) is 3.03.